The van der Waals surface area contributed by atoms with Crippen LogP contribution in [0, 0.1) is 5.41 Å². The Labute approximate surface area is 126 Å². The fourth-order valence-electron chi connectivity index (χ4n) is 3.73. The molecule has 0 bridgehead atoms. The van der Waals surface area contributed by atoms with Gasteiger partial charge in [0.25, 0.3) is 0 Å². The van der Waals surface area contributed by atoms with E-state index < -0.39 is 11.4 Å². The van der Waals surface area contributed by atoms with E-state index >= 15 is 0 Å². The molecule has 2 unspecified atom stereocenters. The number of carboxylic acid groups (broad SMARTS) is 1. The first-order valence-electron chi connectivity index (χ1n) is 7.68. The third-order valence-electron chi connectivity index (χ3n) is 5.47. The van der Waals surface area contributed by atoms with Gasteiger partial charge in [-0.3, -0.25) is 9.69 Å². The van der Waals surface area contributed by atoms with Gasteiger partial charge in [-0.15, -0.1) is 0 Å². The van der Waals surface area contributed by atoms with E-state index in [0.717, 1.165) is 39.1 Å². The second-order valence-electron chi connectivity index (χ2n) is 6.84. The number of carboxylic acids is 1. The Hall–Kier alpha value is -1.39. The Balaban J connectivity index is 1.84. The summed E-state index contributed by atoms with van der Waals surface area (Å²) in [5, 5.41) is 9.65. The van der Waals surface area contributed by atoms with Crippen molar-refractivity contribution >= 4 is 5.97 Å². The van der Waals surface area contributed by atoms with Gasteiger partial charge in [-0.2, -0.15) is 0 Å². The van der Waals surface area contributed by atoms with Gasteiger partial charge >= 0.3 is 5.97 Å². The standard InChI is InChI=1S/C17H24N2O2/c1-16(15(20)21)12-17(16,14-6-4-3-5-7-14)13-19-10-8-18(2)9-11-19/h3-7H,8-13H2,1-2H3,(H,20,21). The number of hydrogen-bond acceptors (Lipinski definition) is 3. The summed E-state index contributed by atoms with van der Waals surface area (Å²) >= 11 is 0. The lowest BCUT2D eigenvalue weighted by atomic mass is 9.86. The largest absolute Gasteiger partial charge is 0.481 e. The first kappa shape index (κ1) is 14.5. The Morgan fingerprint density at radius 2 is 1.81 bits per heavy atom. The molecule has 0 amide bonds. The molecule has 1 aromatic rings. The predicted molar refractivity (Wildman–Crippen MR) is 82.4 cm³/mol. The highest BCUT2D eigenvalue weighted by molar-refractivity contribution is 5.82. The van der Waals surface area contributed by atoms with Gasteiger partial charge in [-0.1, -0.05) is 30.3 Å². The van der Waals surface area contributed by atoms with Crippen molar-refractivity contribution in [1.29, 1.82) is 0 Å². The van der Waals surface area contributed by atoms with Gasteiger partial charge in [0.05, 0.1) is 5.41 Å². The molecule has 2 aliphatic rings. The summed E-state index contributed by atoms with van der Waals surface area (Å²) in [5.41, 5.74) is 0.321. The van der Waals surface area contributed by atoms with Crippen molar-refractivity contribution in [3.63, 3.8) is 0 Å². The second-order valence-corrected chi connectivity index (χ2v) is 6.84. The minimum atomic E-state index is -0.666. The molecule has 21 heavy (non-hydrogen) atoms. The number of nitrogens with zero attached hydrogens (tertiary/aromatic N) is 2. The molecular weight excluding hydrogens is 264 g/mol. The van der Waals surface area contributed by atoms with E-state index in [0.29, 0.717) is 0 Å². The molecule has 2 atom stereocenters. The van der Waals surface area contributed by atoms with Crippen LogP contribution in [0.3, 0.4) is 0 Å². The molecule has 1 saturated carbocycles. The zero-order valence-corrected chi connectivity index (χ0v) is 12.9. The van der Waals surface area contributed by atoms with Gasteiger partial charge < -0.3 is 10.0 Å². The Bertz CT molecular complexity index is 525. The van der Waals surface area contributed by atoms with E-state index in [1.54, 1.807) is 0 Å². The topological polar surface area (TPSA) is 43.8 Å². The van der Waals surface area contributed by atoms with Gasteiger partial charge in [0.15, 0.2) is 0 Å². The maximum atomic E-state index is 11.7. The average molecular weight is 288 g/mol. The zero-order valence-electron chi connectivity index (χ0n) is 12.9. The lowest BCUT2D eigenvalue weighted by Gasteiger charge is -2.36. The summed E-state index contributed by atoms with van der Waals surface area (Å²) in [6.45, 7) is 6.94. The van der Waals surface area contributed by atoms with Crippen molar-refractivity contribution in [3.05, 3.63) is 35.9 Å². The molecule has 114 valence electrons. The van der Waals surface area contributed by atoms with E-state index in [1.807, 2.05) is 25.1 Å². The van der Waals surface area contributed by atoms with Gasteiger partial charge in [0.2, 0.25) is 0 Å². The SMILES string of the molecule is CN1CCN(CC2(c3ccccc3)CC2(C)C(=O)O)CC1. The number of hydrogen-bond donors (Lipinski definition) is 1. The van der Waals surface area contributed by atoms with Crippen molar-refractivity contribution in [3.8, 4) is 0 Å². The maximum absolute atomic E-state index is 11.7. The third kappa shape index (κ3) is 2.36. The van der Waals surface area contributed by atoms with Crippen LogP contribution in [-0.2, 0) is 10.2 Å². The molecule has 1 saturated heterocycles. The zero-order chi connectivity index (χ0) is 15.1. The third-order valence-corrected chi connectivity index (χ3v) is 5.47. The van der Waals surface area contributed by atoms with Gasteiger partial charge in [-0.25, -0.2) is 0 Å². The van der Waals surface area contributed by atoms with Crippen LogP contribution in [0.25, 0.3) is 0 Å². The van der Waals surface area contributed by atoms with Gasteiger partial charge in [0.1, 0.15) is 0 Å². The number of rotatable bonds is 4. The molecule has 0 spiro atoms. The Kier molecular flexibility index (Phi) is 3.54. The van der Waals surface area contributed by atoms with Crippen molar-refractivity contribution in [2.24, 2.45) is 5.41 Å². The van der Waals surface area contributed by atoms with Crippen LogP contribution < -0.4 is 0 Å². The van der Waals surface area contributed by atoms with Crippen LogP contribution in [-0.4, -0.2) is 60.6 Å². The number of piperazine rings is 1. The molecule has 0 radical (unpaired) electrons. The van der Waals surface area contributed by atoms with Crippen LogP contribution in [0.5, 0.6) is 0 Å². The highest BCUT2D eigenvalue weighted by Crippen LogP contribution is 2.65. The number of benzene rings is 1. The fraction of sp³-hybridized carbons (Fsp3) is 0.588. The van der Waals surface area contributed by atoms with Gasteiger partial charge in [0, 0.05) is 38.1 Å². The average Bonchev–Trinajstić information content (AvgIpc) is 3.10. The smallest absolute Gasteiger partial charge is 0.310 e. The molecule has 0 aromatic heterocycles. The fourth-order valence-corrected chi connectivity index (χ4v) is 3.73. The Morgan fingerprint density at radius 1 is 1.19 bits per heavy atom. The molecule has 1 N–H and O–H groups in total. The molecule has 3 rings (SSSR count). The van der Waals surface area contributed by atoms with E-state index in [-0.39, 0.29) is 5.41 Å². The Morgan fingerprint density at radius 3 is 2.33 bits per heavy atom. The van der Waals surface area contributed by atoms with E-state index in [4.69, 9.17) is 0 Å². The first-order valence-corrected chi connectivity index (χ1v) is 7.68. The monoisotopic (exact) mass is 288 g/mol. The molecule has 1 aliphatic heterocycles. The van der Waals surface area contributed by atoms with Gasteiger partial charge in [-0.05, 0) is 26.0 Å². The summed E-state index contributed by atoms with van der Waals surface area (Å²) in [6.07, 6.45) is 0.742. The minimum absolute atomic E-state index is 0.226. The maximum Gasteiger partial charge on any atom is 0.310 e. The molecule has 2 fully saturated rings. The number of carbonyl (C=O) groups is 1. The van der Waals surface area contributed by atoms with Crippen molar-refractivity contribution in [2.45, 2.75) is 18.8 Å². The minimum Gasteiger partial charge on any atom is -0.481 e. The highest BCUT2D eigenvalue weighted by atomic mass is 16.4. The molecular formula is C17H24N2O2. The van der Waals surface area contributed by atoms with Crippen LogP contribution in [0.1, 0.15) is 18.9 Å². The van der Waals surface area contributed by atoms with E-state index in [1.165, 1.54) is 5.56 Å². The number of aliphatic carboxylic acids is 1. The van der Waals surface area contributed by atoms with E-state index in [2.05, 4.69) is 29.0 Å². The van der Waals surface area contributed by atoms with Crippen LogP contribution in [0.4, 0.5) is 0 Å². The van der Waals surface area contributed by atoms with Crippen molar-refractivity contribution < 1.29 is 9.90 Å². The lowest BCUT2D eigenvalue weighted by Crippen LogP contribution is -2.48. The first-order chi connectivity index (χ1) is 9.98. The summed E-state index contributed by atoms with van der Waals surface area (Å²) in [7, 11) is 2.14. The summed E-state index contributed by atoms with van der Waals surface area (Å²) in [4.78, 5) is 16.5. The molecule has 4 heteroatoms. The summed E-state index contributed by atoms with van der Waals surface area (Å²) < 4.78 is 0. The molecule has 1 aromatic carbocycles. The summed E-state index contributed by atoms with van der Waals surface area (Å²) in [6, 6.07) is 10.2. The van der Waals surface area contributed by atoms with Crippen LogP contribution in [0.2, 0.25) is 0 Å². The second kappa shape index (κ2) is 5.11. The quantitative estimate of drug-likeness (QED) is 0.915. The predicted octanol–water partition coefficient (Wildman–Crippen LogP) is 1.67. The van der Waals surface area contributed by atoms with Crippen LogP contribution in [0.15, 0.2) is 30.3 Å². The van der Waals surface area contributed by atoms with Crippen molar-refractivity contribution in [1.82, 2.24) is 9.80 Å². The summed E-state index contributed by atoms with van der Waals surface area (Å²) in [5.74, 6) is -0.666. The molecule has 1 aliphatic carbocycles. The molecule has 1 heterocycles. The lowest BCUT2D eigenvalue weighted by molar-refractivity contribution is -0.143. The normalized spacial score (nSPS) is 33.8. The number of likely N-dealkylation sites (N-methyl/N-ethyl adjacent to an activating group) is 1. The van der Waals surface area contributed by atoms with E-state index in [9.17, 15) is 9.90 Å². The molecule has 4 nitrogen and oxygen atoms in total. The highest BCUT2D eigenvalue weighted by Gasteiger charge is 2.70. The van der Waals surface area contributed by atoms with Crippen molar-refractivity contribution in [2.75, 3.05) is 39.8 Å². The van der Waals surface area contributed by atoms with Crippen LogP contribution >= 0.6 is 0 Å².